The van der Waals surface area contributed by atoms with Crippen molar-refractivity contribution in [2.45, 2.75) is 34.6 Å². The molecule has 0 bridgehead atoms. The molecule has 0 aliphatic rings. The molecule has 1 amide bonds. The third-order valence-electron chi connectivity index (χ3n) is 2.32. The van der Waals surface area contributed by atoms with E-state index in [4.69, 9.17) is 5.73 Å². The van der Waals surface area contributed by atoms with Crippen LogP contribution in [0.1, 0.15) is 43.6 Å². The SMILES string of the molecule is CC.CC.Cc1ccn2c(=O)c(C(N)=O)cnc2c1O. The summed E-state index contributed by atoms with van der Waals surface area (Å²) in [5.74, 6) is -0.928. The molecule has 0 spiro atoms. The molecule has 2 aromatic heterocycles. The number of nitrogens with two attached hydrogens (primary N) is 1. The maximum Gasteiger partial charge on any atom is 0.270 e. The summed E-state index contributed by atoms with van der Waals surface area (Å²) in [4.78, 5) is 26.5. The van der Waals surface area contributed by atoms with Crippen molar-refractivity contribution in [3.63, 3.8) is 0 Å². The lowest BCUT2D eigenvalue weighted by atomic mass is 10.2. The standard InChI is InChI=1S/C10H9N3O3.2C2H6/c1-5-2-3-13-9(7(5)14)12-4-6(8(11)15)10(13)16;2*1-2/h2-4,14H,1H3,(H2,11,15);2*1-2H3. The fourth-order valence-electron chi connectivity index (χ4n) is 1.39. The highest BCUT2D eigenvalue weighted by Gasteiger charge is 2.12. The minimum Gasteiger partial charge on any atom is -0.504 e. The molecule has 0 aliphatic heterocycles. The van der Waals surface area contributed by atoms with Gasteiger partial charge >= 0.3 is 0 Å². The van der Waals surface area contributed by atoms with E-state index in [0.29, 0.717) is 5.56 Å². The summed E-state index contributed by atoms with van der Waals surface area (Å²) in [6.45, 7) is 9.68. The van der Waals surface area contributed by atoms with E-state index in [0.717, 1.165) is 10.6 Å². The van der Waals surface area contributed by atoms with Crippen LogP contribution in [0.15, 0.2) is 23.3 Å². The Hall–Kier alpha value is -2.37. The number of carbonyl (C=O) groups is 1. The number of amides is 1. The smallest absolute Gasteiger partial charge is 0.270 e. The molecule has 0 atom stereocenters. The van der Waals surface area contributed by atoms with Gasteiger partial charge in [-0.1, -0.05) is 27.7 Å². The van der Waals surface area contributed by atoms with Crippen LogP contribution in [0.5, 0.6) is 5.75 Å². The van der Waals surface area contributed by atoms with Crippen LogP contribution < -0.4 is 11.3 Å². The van der Waals surface area contributed by atoms with Gasteiger partial charge in [0.1, 0.15) is 5.56 Å². The van der Waals surface area contributed by atoms with E-state index in [2.05, 4.69) is 4.98 Å². The van der Waals surface area contributed by atoms with Gasteiger partial charge in [-0.05, 0) is 18.6 Å². The largest absolute Gasteiger partial charge is 0.504 e. The zero-order chi connectivity index (χ0) is 15.9. The van der Waals surface area contributed by atoms with Crippen LogP contribution in [0.4, 0.5) is 0 Å². The zero-order valence-corrected chi connectivity index (χ0v) is 12.5. The minimum atomic E-state index is -0.841. The second-order valence-electron chi connectivity index (χ2n) is 3.38. The van der Waals surface area contributed by atoms with Crippen molar-refractivity contribution in [1.82, 2.24) is 9.38 Å². The Kier molecular flexibility index (Phi) is 6.99. The van der Waals surface area contributed by atoms with E-state index < -0.39 is 11.5 Å². The second kappa shape index (κ2) is 7.93. The Bertz CT molecular complexity index is 648. The maximum absolute atomic E-state index is 11.7. The van der Waals surface area contributed by atoms with Gasteiger partial charge in [-0.25, -0.2) is 4.98 Å². The van der Waals surface area contributed by atoms with Crippen molar-refractivity contribution < 1.29 is 9.90 Å². The summed E-state index contributed by atoms with van der Waals surface area (Å²) >= 11 is 0. The minimum absolute atomic E-state index is 0.0874. The van der Waals surface area contributed by atoms with Crippen LogP contribution in [0.2, 0.25) is 0 Å². The first-order valence-corrected chi connectivity index (χ1v) is 6.52. The first kappa shape index (κ1) is 17.6. The summed E-state index contributed by atoms with van der Waals surface area (Å²) in [5, 5.41) is 9.67. The van der Waals surface area contributed by atoms with Gasteiger partial charge in [0, 0.05) is 12.4 Å². The third-order valence-corrected chi connectivity index (χ3v) is 2.32. The quantitative estimate of drug-likeness (QED) is 0.832. The van der Waals surface area contributed by atoms with Gasteiger partial charge in [-0.2, -0.15) is 0 Å². The molecule has 0 radical (unpaired) electrons. The first-order chi connectivity index (χ1) is 9.52. The van der Waals surface area contributed by atoms with E-state index in [1.165, 1.54) is 6.20 Å². The molecule has 0 aromatic carbocycles. The van der Waals surface area contributed by atoms with Crippen molar-refractivity contribution >= 4 is 11.6 Å². The Morgan fingerprint density at radius 2 is 1.85 bits per heavy atom. The number of aromatic hydroxyl groups is 1. The Labute approximate surface area is 117 Å². The predicted octanol–water partition coefficient (Wildman–Crippen LogP) is 1.86. The molecule has 0 saturated heterocycles. The van der Waals surface area contributed by atoms with E-state index in [9.17, 15) is 14.7 Å². The molecule has 110 valence electrons. The normalized spacial score (nSPS) is 9.05. The lowest BCUT2D eigenvalue weighted by Gasteiger charge is -2.05. The van der Waals surface area contributed by atoms with Gasteiger partial charge in [-0.15, -0.1) is 0 Å². The van der Waals surface area contributed by atoms with E-state index >= 15 is 0 Å². The lowest BCUT2D eigenvalue weighted by molar-refractivity contribution is 0.0998. The number of primary amides is 1. The van der Waals surface area contributed by atoms with Gasteiger partial charge in [0.2, 0.25) is 0 Å². The summed E-state index contributed by atoms with van der Waals surface area (Å²) in [6, 6.07) is 1.55. The van der Waals surface area contributed by atoms with Gasteiger partial charge in [0.05, 0.1) is 0 Å². The highest BCUT2D eigenvalue weighted by molar-refractivity contribution is 5.92. The molecule has 20 heavy (non-hydrogen) atoms. The van der Waals surface area contributed by atoms with Crippen LogP contribution in [0, 0.1) is 6.92 Å². The Morgan fingerprint density at radius 1 is 1.30 bits per heavy atom. The van der Waals surface area contributed by atoms with Crippen molar-refractivity contribution in [2.75, 3.05) is 0 Å². The highest BCUT2D eigenvalue weighted by Crippen LogP contribution is 2.19. The number of aromatic nitrogens is 2. The Balaban J connectivity index is 0.000000829. The molecule has 3 N–H and O–H groups in total. The van der Waals surface area contributed by atoms with Crippen molar-refractivity contribution in [2.24, 2.45) is 5.73 Å². The molecule has 0 unspecified atom stereocenters. The molecule has 2 rings (SSSR count). The van der Waals surface area contributed by atoms with Gasteiger partial charge < -0.3 is 10.8 Å². The molecule has 0 fully saturated rings. The molecule has 6 heteroatoms. The second-order valence-corrected chi connectivity index (χ2v) is 3.38. The number of hydrogen-bond acceptors (Lipinski definition) is 4. The topological polar surface area (TPSA) is 97.7 Å². The average molecular weight is 279 g/mol. The van der Waals surface area contributed by atoms with E-state index in [-0.39, 0.29) is 17.0 Å². The first-order valence-electron chi connectivity index (χ1n) is 6.52. The van der Waals surface area contributed by atoms with Gasteiger partial charge in [0.25, 0.3) is 11.5 Å². The van der Waals surface area contributed by atoms with Crippen LogP contribution in [-0.4, -0.2) is 20.4 Å². The number of aryl methyl sites for hydroxylation is 1. The molecule has 2 aromatic rings. The average Bonchev–Trinajstić information content (AvgIpc) is 2.47. The van der Waals surface area contributed by atoms with Crippen molar-refractivity contribution in [1.29, 1.82) is 0 Å². The van der Waals surface area contributed by atoms with Crippen LogP contribution in [0.25, 0.3) is 5.65 Å². The lowest BCUT2D eigenvalue weighted by Crippen LogP contribution is -2.27. The number of pyridine rings is 1. The van der Waals surface area contributed by atoms with Gasteiger partial charge in [-0.3, -0.25) is 14.0 Å². The molecule has 6 nitrogen and oxygen atoms in total. The third kappa shape index (κ3) is 3.34. The number of nitrogens with zero attached hydrogens (tertiary/aromatic N) is 2. The monoisotopic (exact) mass is 279 g/mol. The van der Waals surface area contributed by atoms with Crippen molar-refractivity contribution in [3.05, 3.63) is 39.9 Å². The molecular formula is C14H21N3O3. The fraction of sp³-hybridized carbons (Fsp3) is 0.357. The molecule has 2 heterocycles. The number of rotatable bonds is 1. The van der Waals surface area contributed by atoms with Crippen molar-refractivity contribution in [3.8, 4) is 5.75 Å². The molecule has 0 saturated carbocycles. The van der Waals surface area contributed by atoms with Crippen LogP contribution in [0.3, 0.4) is 0 Å². The zero-order valence-electron chi connectivity index (χ0n) is 12.5. The van der Waals surface area contributed by atoms with E-state index in [1.807, 2.05) is 27.7 Å². The molecular weight excluding hydrogens is 258 g/mol. The maximum atomic E-state index is 11.7. The summed E-state index contributed by atoms with van der Waals surface area (Å²) in [7, 11) is 0. The number of carbonyl (C=O) groups excluding carboxylic acids is 1. The number of fused-ring (bicyclic) bond motifs is 1. The molecule has 0 aliphatic carbocycles. The summed E-state index contributed by atoms with van der Waals surface area (Å²) < 4.78 is 1.09. The van der Waals surface area contributed by atoms with Gasteiger partial charge in [0.15, 0.2) is 11.4 Å². The highest BCUT2D eigenvalue weighted by atomic mass is 16.3. The van der Waals surface area contributed by atoms with Crippen LogP contribution in [-0.2, 0) is 0 Å². The summed E-state index contributed by atoms with van der Waals surface area (Å²) in [5.41, 5.74) is 4.92. The van der Waals surface area contributed by atoms with E-state index in [1.54, 1.807) is 13.0 Å². The van der Waals surface area contributed by atoms with Crippen LogP contribution >= 0.6 is 0 Å². The summed E-state index contributed by atoms with van der Waals surface area (Å²) in [6.07, 6.45) is 2.51. The fourth-order valence-corrected chi connectivity index (χ4v) is 1.39. The Morgan fingerprint density at radius 3 is 2.35 bits per heavy atom. The number of hydrogen-bond donors (Lipinski definition) is 2. The predicted molar refractivity (Wildman–Crippen MR) is 79.1 cm³/mol.